The zero-order valence-corrected chi connectivity index (χ0v) is 13.3. The van der Waals surface area contributed by atoms with Gasteiger partial charge in [0.05, 0.1) is 23.0 Å². The molecule has 0 aromatic heterocycles. The molecule has 7 heteroatoms. The molecule has 0 atom stereocenters. The van der Waals surface area contributed by atoms with Gasteiger partial charge in [0.1, 0.15) is 0 Å². The maximum atomic E-state index is 12.0. The van der Waals surface area contributed by atoms with Crippen molar-refractivity contribution >= 4 is 44.9 Å². The first-order chi connectivity index (χ1) is 9.97. The fourth-order valence-corrected chi connectivity index (χ4v) is 3.01. The Morgan fingerprint density at radius 3 is 2.86 bits per heavy atom. The van der Waals surface area contributed by atoms with Crippen LogP contribution in [0.25, 0.3) is 6.08 Å². The lowest BCUT2D eigenvalue weighted by Crippen LogP contribution is -2.28. The third-order valence-electron chi connectivity index (χ3n) is 2.69. The second-order valence-electron chi connectivity index (χ2n) is 4.03. The molecule has 5 nitrogen and oxygen atoms in total. The molecular weight excluding hydrogens is 358 g/mol. The SMILES string of the molecule is C#CCN1C(=O)SC(=Cc2cc(Br)c(O)c(OC)c2)C1=O. The van der Waals surface area contributed by atoms with Gasteiger partial charge in [-0.3, -0.25) is 14.5 Å². The molecular formula is C14H10BrNO4S. The van der Waals surface area contributed by atoms with E-state index in [0.29, 0.717) is 10.0 Å². The number of hydrogen-bond donors (Lipinski definition) is 1. The molecule has 0 bridgehead atoms. The van der Waals surface area contributed by atoms with Crippen LogP contribution in [0.2, 0.25) is 0 Å². The highest BCUT2D eigenvalue weighted by atomic mass is 79.9. The van der Waals surface area contributed by atoms with Gasteiger partial charge in [0, 0.05) is 0 Å². The number of ether oxygens (including phenoxy) is 1. The summed E-state index contributed by atoms with van der Waals surface area (Å²) in [6.45, 7) is -0.0510. The van der Waals surface area contributed by atoms with Crippen molar-refractivity contribution in [2.75, 3.05) is 13.7 Å². The molecule has 1 heterocycles. The van der Waals surface area contributed by atoms with Crippen molar-refractivity contribution in [3.05, 3.63) is 27.1 Å². The average molecular weight is 368 g/mol. The van der Waals surface area contributed by atoms with Gasteiger partial charge in [-0.05, 0) is 51.5 Å². The van der Waals surface area contributed by atoms with E-state index in [1.165, 1.54) is 7.11 Å². The van der Waals surface area contributed by atoms with E-state index in [4.69, 9.17) is 11.2 Å². The third-order valence-corrected chi connectivity index (χ3v) is 4.20. The second-order valence-corrected chi connectivity index (χ2v) is 5.87. The first-order valence-electron chi connectivity index (χ1n) is 5.73. The summed E-state index contributed by atoms with van der Waals surface area (Å²) in [6, 6.07) is 3.18. The number of amides is 2. The van der Waals surface area contributed by atoms with Crippen LogP contribution in [0.4, 0.5) is 4.79 Å². The minimum Gasteiger partial charge on any atom is -0.503 e. The van der Waals surface area contributed by atoms with Crippen LogP contribution in [0.15, 0.2) is 21.5 Å². The molecule has 2 amide bonds. The summed E-state index contributed by atoms with van der Waals surface area (Å²) < 4.78 is 5.46. The van der Waals surface area contributed by atoms with Crippen LogP contribution in [-0.4, -0.2) is 34.8 Å². The second kappa shape index (κ2) is 6.24. The van der Waals surface area contributed by atoms with Crippen molar-refractivity contribution in [2.24, 2.45) is 0 Å². The first-order valence-corrected chi connectivity index (χ1v) is 7.34. The van der Waals surface area contributed by atoms with Crippen LogP contribution < -0.4 is 4.74 Å². The molecule has 108 valence electrons. The van der Waals surface area contributed by atoms with Gasteiger partial charge in [-0.2, -0.15) is 0 Å². The predicted octanol–water partition coefficient (Wildman–Crippen LogP) is 2.83. The summed E-state index contributed by atoms with van der Waals surface area (Å²) in [5, 5.41) is 9.35. The number of imide groups is 1. The molecule has 1 N–H and O–H groups in total. The van der Waals surface area contributed by atoms with Crippen molar-refractivity contribution in [3.63, 3.8) is 0 Å². The van der Waals surface area contributed by atoms with Crippen LogP contribution in [0.5, 0.6) is 11.5 Å². The lowest BCUT2D eigenvalue weighted by molar-refractivity contribution is -0.122. The molecule has 0 spiro atoms. The van der Waals surface area contributed by atoms with E-state index in [1.54, 1.807) is 18.2 Å². The fourth-order valence-electron chi connectivity index (χ4n) is 1.71. The molecule has 1 aromatic rings. The number of carbonyl (C=O) groups is 2. The van der Waals surface area contributed by atoms with Crippen molar-refractivity contribution < 1.29 is 19.4 Å². The number of halogens is 1. The molecule has 0 saturated carbocycles. The van der Waals surface area contributed by atoms with E-state index < -0.39 is 11.1 Å². The molecule has 2 rings (SSSR count). The van der Waals surface area contributed by atoms with E-state index in [2.05, 4.69) is 21.9 Å². The van der Waals surface area contributed by atoms with E-state index in [9.17, 15) is 14.7 Å². The Labute approximate surface area is 134 Å². The Kier molecular flexibility index (Phi) is 4.60. The number of benzene rings is 1. The zero-order chi connectivity index (χ0) is 15.6. The Morgan fingerprint density at radius 2 is 2.24 bits per heavy atom. The zero-order valence-electron chi connectivity index (χ0n) is 10.9. The summed E-state index contributed by atoms with van der Waals surface area (Å²) in [4.78, 5) is 25.0. The summed E-state index contributed by atoms with van der Waals surface area (Å²) >= 11 is 4.02. The molecule has 0 aliphatic carbocycles. The normalized spacial score (nSPS) is 16.4. The van der Waals surface area contributed by atoms with Crippen molar-refractivity contribution in [1.82, 2.24) is 4.90 Å². The highest BCUT2D eigenvalue weighted by Crippen LogP contribution is 2.37. The Balaban J connectivity index is 2.37. The van der Waals surface area contributed by atoms with Gasteiger partial charge in [-0.15, -0.1) is 6.42 Å². The van der Waals surface area contributed by atoms with Crippen LogP contribution in [0.3, 0.4) is 0 Å². The van der Waals surface area contributed by atoms with Crippen LogP contribution >= 0.6 is 27.7 Å². The Bertz CT molecular complexity index is 693. The highest BCUT2D eigenvalue weighted by molar-refractivity contribution is 9.10. The number of methoxy groups -OCH3 is 1. The van der Waals surface area contributed by atoms with Crippen LogP contribution in [0.1, 0.15) is 5.56 Å². The van der Waals surface area contributed by atoms with Gasteiger partial charge in [0.15, 0.2) is 11.5 Å². The number of phenols is 1. The summed E-state index contributed by atoms with van der Waals surface area (Å²) in [5.74, 6) is 2.08. The lowest BCUT2D eigenvalue weighted by atomic mass is 10.2. The van der Waals surface area contributed by atoms with E-state index in [-0.39, 0.29) is 22.9 Å². The topological polar surface area (TPSA) is 66.8 Å². The summed E-state index contributed by atoms with van der Waals surface area (Å²) in [5.41, 5.74) is 0.614. The number of hydrogen-bond acceptors (Lipinski definition) is 5. The van der Waals surface area contributed by atoms with Crippen LogP contribution in [-0.2, 0) is 4.79 Å². The van der Waals surface area contributed by atoms with Gasteiger partial charge in [0.2, 0.25) is 0 Å². The number of rotatable bonds is 3. The highest BCUT2D eigenvalue weighted by Gasteiger charge is 2.34. The number of aromatic hydroxyl groups is 1. The number of phenolic OH excluding ortho intramolecular Hbond substituents is 1. The largest absolute Gasteiger partial charge is 0.503 e. The van der Waals surface area contributed by atoms with Gasteiger partial charge in [-0.1, -0.05) is 5.92 Å². The van der Waals surface area contributed by atoms with Crippen molar-refractivity contribution in [2.45, 2.75) is 0 Å². The molecule has 0 radical (unpaired) electrons. The molecule has 0 unspecified atom stereocenters. The predicted molar refractivity (Wildman–Crippen MR) is 83.9 cm³/mol. The van der Waals surface area contributed by atoms with Gasteiger partial charge < -0.3 is 9.84 Å². The maximum Gasteiger partial charge on any atom is 0.294 e. The molecule has 1 aliphatic heterocycles. The van der Waals surface area contributed by atoms with Gasteiger partial charge in [-0.25, -0.2) is 0 Å². The monoisotopic (exact) mass is 367 g/mol. The van der Waals surface area contributed by atoms with Crippen LogP contribution in [0, 0.1) is 12.3 Å². The number of terminal acetylenes is 1. The van der Waals surface area contributed by atoms with Gasteiger partial charge in [0.25, 0.3) is 11.1 Å². The third kappa shape index (κ3) is 3.06. The van der Waals surface area contributed by atoms with E-state index in [0.717, 1.165) is 16.7 Å². The standard InChI is InChI=1S/C14H10BrNO4S/c1-3-4-16-13(18)11(21-14(16)19)7-8-5-9(15)12(17)10(6-8)20-2/h1,5-7,17H,4H2,2H3. The number of nitrogens with zero attached hydrogens (tertiary/aromatic N) is 1. The average Bonchev–Trinajstić information content (AvgIpc) is 2.70. The van der Waals surface area contributed by atoms with Crippen molar-refractivity contribution in [3.8, 4) is 23.8 Å². The Morgan fingerprint density at radius 1 is 1.52 bits per heavy atom. The molecule has 1 saturated heterocycles. The van der Waals surface area contributed by atoms with Gasteiger partial charge >= 0.3 is 0 Å². The number of carbonyl (C=O) groups excluding carboxylic acids is 2. The summed E-state index contributed by atoms with van der Waals surface area (Å²) in [6.07, 6.45) is 6.68. The minimum absolute atomic E-state index is 0.0323. The fraction of sp³-hybridized carbons (Fsp3) is 0.143. The Hall–Kier alpha value is -1.91. The molecule has 21 heavy (non-hydrogen) atoms. The van der Waals surface area contributed by atoms with E-state index >= 15 is 0 Å². The maximum absolute atomic E-state index is 12.0. The van der Waals surface area contributed by atoms with E-state index in [1.807, 2.05) is 0 Å². The summed E-state index contributed by atoms with van der Waals surface area (Å²) in [7, 11) is 1.42. The first kappa shape index (κ1) is 15.5. The smallest absolute Gasteiger partial charge is 0.294 e. The number of thioether (sulfide) groups is 1. The van der Waals surface area contributed by atoms with Crippen molar-refractivity contribution in [1.29, 1.82) is 0 Å². The minimum atomic E-state index is -0.425. The molecule has 1 aromatic carbocycles. The quantitative estimate of drug-likeness (QED) is 0.657. The lowest BCUT2D eigenvalue weighted by Gasteiger charge is -2.07. The molecule has 1 aliphatic rings. The molecule has 1 fully saturated rings.